The smallest absolute Gasteiger partial charge is 0.414 e. The van der Waals surface area contributed by atoms with E-state index in [1.165, 1.54) is 5.56 Å². The van der Waals surface area contributed by atoms with Gasteiger partial charge in [0.25, 0.3) is 0 Å². The molecule has 25 heavy (non-hydrogen) atoms. The lowest BCUT2D eigenvalue weighted by molar-refractivity contribution is 0.0579. The predicted octanol–water partition coefficient (Wildman–Crippen LogP) is 4.71. The topological polar surface area (TPSA) is 42.4 Å². The molecule has 4 nitrogen and oxygen atoms in total. The van der Waals surface area contributed by atoms with Crippen molar-refractivity contribution in [3.8, 4) is 0 Å². The molecule has 0 radical (unpaired) electrons. The highest BCUT2D eigenvalue weighted by Crippen LogP contribution is 2.40. The Balaban J connectivity index is 1.92. The molecular weight excluding hydrogens is 312 g/mol. The van der Waals surface area contributed by atoms with E-state index in [0.717, 1.165) is 23.4 Å². The van der Waals surface area contributed by atoms with Crippen LogP contribution in [0.3, 0.4) is 0 Å². The molecule has 0 saturated carbocycles. The lowest BCUT2D eigenvalue weighted by atomic mass is 9.91. The first-order valence-corrected chi connectivity index (χ1v) is 8.69. The number of hydrogen-bond donors (Lipinski definition) is 0. The van der Waals surface area contributed by atoms with Crippen molar-refractivity contribution in [1.29, 1.82) is 0 Å². The number of anilines is 1. The molecule has 1 aliphatic rings. The molecular formula is C21H26N2O2. The van der Waals surface area contributed by atoms with Crippen LogP contribution in [0.4, 0.5) is 10.5 Å². The third-order valence-corrected chi connectivity index (χ3v) is 4.27. The Bertz CT molecular complexity index is 776. The van der Waals surface area contributed by atoms with Crippen molar-refractivity contribution in [2.45, 2.75) is 52.1 Å². The van der Waals surface area contributed by atoms with Crippen LogP contribution in [0.25, 0.3) is 0 Å². The molecule has 2 aromatic rings. The molecule has 0 atom stereocenters. The average Bonchev–Trinajstić information content (AvgIpc) is 2.78. The molecule has 2 heterocycles. The summed E-state index contributed by atoms with van der Waals surface area (Å²) in [5, 5.41) is 0. The predicted molar refractivity (Wildman–Crippen MR) is 100 cm³/mol. The SMILES string of the molecule is CC(C)(C)OC(=O)N1CC(C)(C)c2ncc(Cc3ccccc3)cc21. The third-order valence-electron chi connectivity index (χ3n) is 4.27. The van der Waals surface area contributed by atoms with Gasteiger partial charge in [-0.15, -0.1) is 0 Å². The van der Waals surface area contributed by atoms with E-state index in [-0.39, 0.29) is 11.5 Å². The van der Waals surface area contributed by atoms with Crippen molar-refractivity contribution in [2.24, 2.45) is 0 Å². The van der Waals surface area contributed by atoms with Crippen LogP contribution in [0.2, 0.25) is 0 Å². The minimum Gasteiger partial charge on any atom is -0.443 e. The van der Waals surface area contributed by atoms with Crippen molar-refractivity contribution in [3.05, 3.63) is 59.4 Å². The zero-order chi connectivity index (χ0) is 18.2. The van der Waals surface area contributed by atoms with Gasteiger partial charge in [0.2, 0.25) is 0 Å². The fourth-order valence-electron chi connectivity index (χ4n) is 3.19. The summed E-state index contributed by atoms with van der Waals surface area (Å²) >= 11 is 0. The van der Waals surface area contributed by atoms with Gasteiger partial charge in [0, 0.05) is 18.2 Å². The summed E-state index contributed by atoms with van der Waals surface area (Å²) in [6.45, 7) is 10.5. The second-order valence-corrected chi connectivity index (χ2v) is 8.32. The first-order chi connectivity index (χ1) is 11.7. The largest absolute Gasteiger partial charge is 0.443 e. The van der Waals surface area contributed by atoms with Crippen LogP contribution in [0, 0.1) is 0 Å². The van der Waals surface area contributed by atoms with E-state index >= 15 is 0 Å². The first kappa shape index (κ1) is 17.5. The van der Waals surface area contributed by atoms with Gasteiger partial charge in [-0.05, 0) is 44.4 Å². The average molecular weight is 338 g/mol. The van der Waals surface area contributed by atoms with E-state index in [4.69, 9.17) is 4.74 Å². The number of aromatic nitrogens is 1. The Kier molecular flexibility index (Phi) is 4.31. The van der Waals surface area contributed by atoms with E-state index in [2.05, 4.69) is 37.0 Å². The Labute approximate surface area is 149 Å². The highest BCUT2D eigenvalue weighted by molar-refractivity contribution is 5.91. The van der Waals surface area contributed by atoms with E-state index in [0.29, 0.717) is 6.54 Å². The number of rotatable bonds is 2. The Hall–Kier alpha value is -2.36. The molecule has 0 spiro atoms. The van der Waals surface area contributed by atoms with Gasteiger partial charge in [-0.25, -0.2) is 4.79 Å². The molecule has 0 unspecified atom stereocenters. The summed E-state index contributed by atoms with van der Waals surface area (Å²) in [4.78, 5) is 19.1. The van der Waals surface area contributed by atoms with Crippen LogP contribution >= 0.6 is 0 Å². The van der Waals surface area contributed by atoms with E-state index in [9.17, 15) is 4.79 Å². The summed E-state index contributed by atoms with van der Waals surface area (Å²) < 4.78 is 5.59. The van der Waals surface area contributed by atoms with Gasteiger partial charge < -0.3 is 4.74 Å². The number of pyridine rings is 1. The fourth-order valence-corrected chi connectivity index (χ4v) is 3.19. The van der Waals surface area contributed by atoms with Crippen molar-refractivity contribution < 1.29 is 9.53 Å². The first-order valence-electron chi connectivity index (χ1n) is 8.69. The fraction of sp³-hybridized carbons (Fsp3) is 0.429. The molecule has 4 heteroatoms. The standard InChI is InChI=1S/C21H26N2O2/c1-20(2,3)25-19(24)23-14-21(4,5)18-17(23)12-16(13-22-18)11-15-9-7-6-8-10-15/h6-10,12-13H,11,14H2,1-5H3. The van der Waals surface area contributed by atoms with Crippen LogP contribution in [0.15, 0.2) is 42.6 Å². The number of carbonyl (C=O) groups excluding carboxylic acids is 1. The molecule has 0 bridgehead atoms. The van der Waals surface area contributed by atoms with Gasteiger partial charge in [-0.3, -0.25) is 9.88 Å². The second-order valence-electron chi connectivity index (χ2n) is 8.32. The summed E-state index contributed by atoms with van der Waals surface area (Å²) in [6.07, 6.45) is 2.41. The Morgan fingerprint density at radius 2 is 1.88 bits per heavy atom. The van der Waals surface area contributed by atoms with Crippen LogP contribution in [0.5, 0.6) is 0 Å². The van der Waals surface area contributed by atoms with Crippen LogP contribution in [-0.2, 0) is 16.6 Å². The highest BCUT2D eigenvalue weighted by atomic mass is 16.6. The van der Waals surface area contributed by atoms with E-state index in [1.807, 2.05) is 45.2 Å². The van der Waals surface area contributed by atoms with Crippen LogP contribution in [0.1, 0.15) is 51.4 Å². The van der Waals surface area contributed by atoms with Gasteiger partial charge in [-0.2, -0.15) is 0 Å². The maximum absolute atomic E-state index is 12.7. The molecule has 0 saturated heterocycles. The molecule has 0 fully saturated rings. The summed E-state index contributed by atoms with van der Waals surface area (Å²) in [5.74, 6) is 0. The zero-order valence-electron chi connectivity index (χ0n) is 15.7. The Morgan fingerprint density at radius 3 is 2.52 bits per heavy atom. The molecule has 1 aliphatic heterocycles. The van der Waals surface area contributed by atoms with Gasteiger partial charge in [-0.1, -0.05) is 44.2 Å². The number of benzene rings is 1. The maximum Gasteiger partial charge on any atom is 0.414 e. The summed E-state index contributed by atoms with van der Waals surface area (Å²) in [7, 11) is 0. The minimum absolute atomic E-state index is 0.183. The van der Waals surface area contributed by atoms with Crippen molar-refractivity contribution in [3.63, 3.8) is 0 Å². The number of amides is 1. The van der Waals surface area contributed by atoms with Gasteiger partial charge in [0.1, 0.15) is 5.60 Å². The zero-order valence-corrected chi connectivity index (χ0v) is 15.7. The minimum atomic E-state index is -0.515. The van der Waals surface area contributed by atoms with Crippen molar-refractivity contribution in [1.82, 2.24) is 4.98 Å². The summed E-state index contributed by atoms with van der Waals surface area (Å²) in [6, 6.07) is 12.4. The van der Waals surface area contributed by atoms with Gasteiger partial charge in [0.05, 0.1) is 11.4 Å². The van der Waals surface area contributed by atoms with Gasteiger partial charge in [0.15, 0.2) is 0 Å². The van der Waals surface area contributed by atoms with Crippen LogP contribution in [-0.4, -0.2) is 23.2 Å². The second kappa shape index (κ2) is 6.17. The molecule has 0 N–H and O–H groups in total. The third kappa shape index (κ3) is 3.84. The molecule has 3 rings (SSSR count). The molecule has 0 aliphatic carbocycles. The van der Waals surface area contributed by atoms with E-state index < -0.39 is 5.60 Å². The normalized spacial score (nSPS) is 15.8. The summed E-state index contributed by atoms with van der Waals surface area (Å²) in [5.41, 5.74) is 3.45. The monoisotopic (exact) mass is 338 g/mol. The Morgan fingerprint density at radius 1 is 1.20 bits per heavy atom. The van der Waals surface area contributed by atoms with E-state index in [1.54, 1.807) is 4.90 Å². The number of carbonyl (C=O) groups is 1. The maximum atomic E-state index is 12.7. The number of hydrogen-bond acceptors (Lipinski definition) is 3. The number of fused-ring (bicyclic) bond motifs is 1. The molecule has 1 aromatic heterocycles. The van der Waals surface area contributed by atoms with Crippen molar-refractivity contribution >= 4 is 11.8 Å². The van der Waals surface area contributed by atoms with Crippen molar-refractivity contribution in [2.75, 3.05) is 11.4 Å². The number of ether oxygens (including phenoxy) is 1. The number of nitrogens with zero attached hydrogens (tertiary/aromatic N) is 2. The molecule has 1 amide bonds. The van der Waals surface area contributed by atoms with Gasteiger partial charge >= 0.3 is 6.09 Å². The lowest BCUT2D eigenvalue weighted by Crippen LogP contribution is -2.38. The quantitative estimate of drug-likeness (QED) is 0.797. The highest BCUT2D eigenvalue weighted by Gasteiger charge is 2.41. The molecule has 1 aromatic carbocycles. The van der Waals surface area contributed by atoms with Crippen LogP contribution < -0.4 is 4.90 Å². The lowest BCUT2D eigenvalue weighted by Gasteiger charge is -2.25. The molecule has 132 valence electrons.